The van der Waals surface area contributed by atoms with Crippen molar-refractivity contribution in [2.75, 3.05) is 32.8 Å². The van der Waals surface area contributed by atoms with Crippen LogP contribution >= 0.6 is 0 Å². The normalized spacial score (nSPS) is 15.9. The highest BCUT2D eigenvalue weighted by molar-refractivity contribution is 7.61. The first-order valence-corrected chi connectivity index (χ1v) is 9.78. The highest BCUT2D eigenvalue weighted by Gasteiger charge is 2.21. The van der Waals surface area contributed by atoms with Gasteiger partial charge in [-0.2, -0.15) is 12.8 Å². The zero-order chi connectivity index (χ0) is 18.5. The monoisotopic (exact) mass is 377 g/mol. The van der Waals surface area contributed by atoms with Crippen molar-refractivity contribution < 1.29 is 17.9 Å². The first-order valence-electron chi connectivity index (χ1n) is 8.75. The third-order valence-corrected chi connectivity index (χ3v) is 5.28. The largest absolute Gasteiger partial charge is 0.462 e. The van der Waals surface area contributed by atoms with Gasteiger partial charge in [0.1, 0.15) is 0 Å². The average molecular weight is 377 g/mol. The molecule has 0 saturated carbocycles. The second-order valence-corrected chi connectivity index (χ2v) is 7.32. The van der Waals surface area contributed by atoms with Crippen LogP contribution in [-0.2, 0) is 22.3 Å². The predicted molar refractivity (Wildman–Crippen MR) is 98.6 cm³/mol. The number of carbonyl (C=O) groups excluding carboxylic acids is 1. The molecule has 1 aliphatic heterocycles. The van der Waals surface area contributed by atoms with Crippen molar-refractivity contribution in [3.05, 3.63) is 36.0 Å². The quantitative estimate of drug-likeness (QED) is 0.720. The third kappa shape index (κ3) is 4.50. The van der Waals surface area contributed by atoms with Crippen LogP contribution in [0.1, 0.15) is 23.2 Å². The summed E-state index contributed by atoms with van der Waals surface area (Å²) in [5.41, 5.74) is 1.62. The molecular formula is C18H23N3O4S. The molecule has 0 bridgehead atoms. The lowest BCUT2D eigenvalue weighted by molar-refractivity contribution is 0.0376. The van der Waals surface area contributed by atoms with Crippen LogP contribution in [0.3, 0.4) is 0 Å². The van der Waals surface area contributed by atoms with Crippen molar-refractivity contribution >= 4 is 27.4 Å². The molecule has 140 valence electrons. The number of benzene rings is 1. The zero-order valence-electron chi connectivity index (χ0n) is 14.8. The van der Waals surface area contributed by atoms with E-state index in [1.807, 2.05) is 42.1 Å². The van der Waals surface area contributed by atoms with Gasteiger partial charge in [0, 0.05) is 30.7 Å². The second-order valence-electron chi connectivity index (χ2n) is 6.62. The Morgan fingerprint density at radius 1 is 1.27 bits per heavy atom. The Labute approximate surface area is 154 Å². The molecule has 1 aromatic heterocycles. The maximum atomic E-state index is 12.5. The van der Waals surface area contributed by atoms with Crippen LogP contribution in [0.2, 0.25) is 0 Å². The summed E-state index contributed by atoms with van der Waals surface area (Å²) >= 11 is 0. The number of piperidine rings is 1. The van der Waals surface area contributed by atoms with E-state index >= 15 is 0 Å². The van der Waals surface area contributed by atoms with Crippen LogP contribution < -0.4 is 0 Å². The number of aromatic nitrogens is 1. The number of para-hydroxylation sites is 1. The number of carbonyl (C=O) groups is 1. The number of likely N-dealkylation sites (tertiary alicyclic amines) is 1. The Bertz CT molecular complexity index is 904. The van der Waals surface area contributed by atoms with E-state index in [0.29, 0.717) is 31.2 Å². The van der Waals surface area contributed by atoms with E-state index in [4.69, 9.17) is 4.74 Å². The van der Waals surface area contributed by atoms with Gasteiger partial charge in [-0.15, -0.1) is 0 Å². The zero-order valence-corrected chi connectivity index (χ0v) is 15.6. The van der Waals surface area contributed by atoms with Crippen molar-refractivity contribution in [1.29, 1.82) is 0 Å². The summed E-state index contributed by atoms with van der Waals surface area (Å²) in [5, 5.41) is 0.911. The second kappa shape index (κ2) is 8.46. The molecule has 0 spiro atoms. The SMILES string of the molecule is Cn1cc(C(=O)OCC2CCN(CCN=S(=O)=O)CC2)c2ccccc21. The molecule has 1 fully saturated rings. The number of ether oxygens (including phenoxy) is 1. The summed E-state index contributed by atoms with van der Waals surface area (Å²) in [6, 6.07) is 7.79. The molecule has 0 atom stereocenters. The lowest BCUT2D eigenvalue weighted by Crippen LogP contribution is -2.36. The van der Waals surface area contributed by atoms with Gasteiger partial charge in [0.25, 0.3) is 0 Å². The number of nitrogens with zero attached hydrogens (tertiary/aromatic N) is 3. The molecule has 1 aromatic carbocycles. The molecule has 7 nitrogen and oxygen atoms in total. The summed E-state index contributed by atoms with van der Waals surface area (Å²) < 4.78 is 31.8. The molecule has 3 rings (SSSR count). The summed E-state index contributed by atoms with van der Waals surface area (Å²) in [4.78, 5) is 14.7. The molecule has 0 N–H and O–H groups in total. The Hall–Kier alpha value is -2.19. The Balaban J connectivity index is 1.49. The fourth-order valence-corrected chi connectivity index (χ4v) is 3.64. The molecule has 0 unspecified atom stereocenters. The first-order chi connectivity index (χ1) is 12.5. The highest BCUT2D eigenvalue weighted by Crippen LogP contribution is 2.22. The number of fused-ring (bicyclic) bond motifs is 1. The summed E-state index contributed by atoms with van der Waals surface area (Å²) in [7, 11) is -0.403. The van der Waals surface area contributed by atoms with Crippen LogP contribution in [0.5, 0.6) is 0 Å². The topological polar surface area (TPSA) is 81.0 Å². The van der Waals surface area contributed by atoms with Crippen molar-refractivity contribution in [1.82, 2.24) is 9.47 Å². The molecule has 1 aliphatic rings. The summed E-state index contributed by atoms with van der Waals surface area (Å²) in [5.74, 6) is 0.0664. The van der Waals surface area contributed by atoms with Crippen LogP contribution in [0.4, 0.5) is 0 Å². The van der Waals surface area contributed by atoms with Gasteiger partial charge in [0.05, 0.1) is 18.7 Å². The molecule has 0 amide bonds. The Kier molecular flexibility index (Phi) is 6.05. The molecular weight excluding hydrogens is 354 g/mol. The van der Waals surface area contributed by atoms with E-state index in [1.165, 1.54) is 0 Å². The maximum absolute atomic E-state index is 12.5. The van der Waals surface area contributed by atoms with E-state index < -0.39 is 10.5 Å². The van der Waals surface area contributed by atoms with Gasteiger partial charge in [-0.05, 0) is 37.9 Å². The number of rotatable bonds is 6. The van der Waals surface area contributed by atoms with Crippen LogP contribution in [-0.4, -0.2) is 56.6 Å². The first kappa shape index (κ1) is 18.6. The molecule has 0 aliphatic carbocycles. The van der Waals surface area contributed by atoms with Crippen LogP contribution in [0.15, 0.2) is 34.8 Å². The smallest absolute Gasteiger partial charge is 0.340 e. The van der Waals surface area contributed by atoms with Gasteiger partial charge in [0.2, 0.25) is 0 Å². The molecule has 8 heteroatoms. The Morgan fingerprint density at radius 3 is 2.73 bits per heavy atom. The summed E-state index contributed by atoms with van der Waals surface area (Å²) in [6.45, 7) is 3.12. The van der Waals surface area contributed by atoms with E-state index in [1.54, 1.807) is 0 Å². The van der Waals surface area contributed by atoms with Gasteiger partial charge in [-0.3, -0.25) is 0 Å². The van der Waals surface area contributed by atoms with Gasteiger partial charge in [0.15, 0.2) is 0 Å². The van der Waals surface area contributed by atoms with Gasteiger partial charge >= 0.3 is 16.5 Å². The lowest BCUT2D eigenvalue weighted by atomic mass is 9.98. The molecule has 26 heavy (non-hydrogen) atoms. The van der Waals surface area contributed by atoms with Crippen molar-refractivity contribution in [2.45, 2.75) is 12.8 Å². The van der Waals surface area contributed by atoms with E-state index in [2.05, 4.69) is 9.26 Å². The molecule has 0 radical (unpaired) electrons. The predicted octanol–water partition coefficient (Wildman–Crippen LogP) is 2.11. The number of aryl methyl sites for hydroxylation is 1. The van der Waals surface area contributed by atoms with E-state index in [0.717, 1.165) is 36.8 Å². The average Bonchev–Trinajstić information content (AvgIpc) is 2.98. The van der Waals surface area contributed by atoms with Crippen LogP contribution in [0.25, 0.3) is 10.9 Å². The minimum Gasteiger partial charge on any atom is -0.462 e. The van der Waals surface area contributed by atoms with Crippen molar-refractivity contribution in [3.8, 4) is 0 Å². The third-order valence-electron chi connectivity index (χ3n) is 4.89. The maximum Gasteiger partial charge on any atom is 0.340 e. The fraction of sp³-hybridized carbons (Fsp3) is 0.500. The van der Waals surface area contributed by atoms with Gasteiger partial charge < -0.3 is 14.2 Å². The highest BCUT2D eigenvalue weighted by atomic mass is 32.2. The van der Waals surface area contributed by atoms with E-state index in [-0.39, 0.29) is 5.97 Å². The van der Waals surface area contributed by atoms with Crippen molar-refractivity contribution in [3.63, 3.8) is 0 Å². The van der Waals surface area contributed by atoms with Gasteiger partial charge in [-0.1, -0.05) is 18.2 Å². The lowest BCUT2D eigenvalue weighted by Gasteiger charge is -2.31. The molecule has 2 heterocycles. The number of hydrogen-bond acceptors (Lipinski definition) is 6. The standard InChI is InChI=1S/C18H23N3O4S/c1-20-12-16(15-4-2-3-5-17(15)20)18(22)25-13-14-6-9-21(10-7-14)11-8-19-26(23)24/h2-5,12,14H,6-11,13H2,1H3. The minimum absolute atomic E-state index is 0.277. The molecule has 2 aromatic rings. The summed E-state index contributed by atoms with van der Waals surface area (Å²) in [6.07, 6.45) is 3.69. The Morgan fingerprint density at radius 2 is 2.00 bits per heavy atom. The molecule has 1 saturated heterocycles. The number of hydrogen-bond donors (Lipinski definition) is 0. The minimum atomic E-state index is -2.32. The van der Waals surface area contributed by atoms with Crippen molar-refractivity contribution in [2.24, 2.45) is 17.3 Å². The van der Waals surface area contributed by atoms with Crippen LogP contribution in [0, 0.1) is 5.92 Å². The van der Waals surface area contributed by atoms with E-state index in [9.17, 15) is 13.2 Å². The number of esters is 1. The van der Waals surface area contributed by atoms with Gasteiger partial charge in [-0.25, -0.2) is 4.79 Å². The fourth-order valence-electron chi connectivity index (χ4n) is 3.41.